The molecule has 3 N–H and O–H groups in total. The molecule has 0 saturated carbocycles. The van der Waals surface area contributed by atoms with Gasteiger partial charge in [0.1, 0.15) is 11.6 Å². The van der Waals surface area contributed by atoms with Gasteiger partial charge in [0.05, 0.1) is 11.4 Å². The highest BCUT2D eigenvalue weighted by atomic mass is 35.5. The number of aromatic nitrogens is 3. The molecule has 0 fully saturated rings. The van der Waals surface area contributed by atoms with Crippen LogP contribution in [0.1, 0.15) is 6.92 Å². The lowest BCUT2D eigenvalue weighted by Gasteiger charge is -2.12. The zero-order valence-corrected chi connectivity index (χ0v) is 13.7. The highest BCUT2D eigenvalue weighted by Gasteiger charge is 2.09. The van der Waals surface area contributed by atoms with Crippen LogP contribution in [0.3, 0.4) is 0 Å². The molecule has 0 unspecified atom stereocenters. The molecule has 0 atom stereocenters. The van der Waals surface area contributed by atoms with Gasteiger partial charge in [0.25, 0.3) is 0 Å². The van der Waals surface area contributed by atoms with Crippen LogP contribution < -0.4 is 10.6 Å². The zero-order chi connectivity index (χ0) is 16.9. The van der Waals surface area contributed by atoms with Crippen LogP contribution in [0, 0.1) is 0 Å². The third-order valence-corrected chi connectivity index (χ3v) is 3.49. The van der Waals surface area contributed by atoms with Gasteiger partial charge < -0.3 is 15.7 Å². The second-order valence-corrected chi connectivity index (χ2v) is 5.45. The van der Waals surface area contributed by atoms with Crippen molar-refractivity contribution in [1.29, 1.82) is 0 Å². The summed E-state index contributed by atoms with van der Waals surface area (Å²) in [7, 11) is 0. The third-order valence-electron chi connectivity index (χ3n) is 3.26. The number of pyridine rings is 1. The van der Waals surface area contributed by atoms with Crippen LogP contribution in [0.2, 0.25) is 5.02 Å². The summed E-state index contributed by atoms with van der Waals surface area (Å²) in [5, 5.41) is 16.7. The first-order valence-electron chi connectivity index (χ1n) is 7.44. The monoisotopic (exact) mass is 341 g/mol. The summed E-state index contributed by atoms with van der Waals surface area (Å²) in [5.41, 5.74) is 2.14. The van der Waals surface area contributed by atoms with Crippen molar-refractivity contribution in [3.05, 3.63) is 53.8 Å². The van der Waals surface area contributed by atoms with E-state index in [0.717, 1.165) is 11.3 Å². The minimum Gasteiger partial charge on any atom is -0.506 e. The van der Waals surface area contributed by atoms with Gasteiger partial charge in [-0.3, -0.25) is 4.98 Å². The van der Waals surface area contributed by atoms with Gasteiger partial charge in [-0.2, -0.15) is 4.98 Å². The average molecular weight is 342 g/mol. The summed E-state index contributed by atoms with van der Waals surface area (Å²) in [4.78, 5) is 12.9. The molecule has 0 aliphatic heterocycles. The molecule has 0 aliphatic carbocycles. The summed E-state index contributed by atoms with van der Waals surface area (Å²) < 4.78 is 0. The van der Waals surface area contributed by atoms with E-state index in [-0.39, 0.29) is 5.75 Å². The fraction of sp³-hybridized carbons (Fsp3) is 0.118. The molecule has 0 bridgehead atoms. The van der Waals surface area contributed by atoms with Gasteiger partial charge in [0, 0.05) is 35.6 Å². The molecule has 3 rings (SSSR count). The second-order valence-electron chi connectivity index (χ2n) is 5.01. The molecular weight excluding hydrogens is 326 g/mol. The van der Waals surface area contributed by atoms with Crippen molar-refractivity contribution in [3.63, 3.8) is 0 Å². The van der Waals surface area contributed by atoms with Crippen molar-refractivity contribution in [3.8, 4) is 17.0 Å². The van der Waals surface area contributed by atoms with Crippen molar-refractivity contribution in [2.45, 2.75) is 6.92 Å². The summed E-state index contributed by atoms with van der Waals surface area (Å²) in [6.45, 7) is 2.67. The lowest BCUT2D eigenvalue weighted by molar-refractivity contribution is 0.477. The number of nitrogens with zero attached hydrogens (tertiary/aromatic N) is 3. The van der Waals surface area contributed by atoms with Crippen molar-refractivity contribution in [2.24, 2.45) is 0 Å². The van der Waals surface area contributed by atoms with Crippen LogP contribution in [0.15, 0.2) is 48.8 Å². The molecule has 3 aromatic rings. The first kappa shape index (κ1) is 16.0. The van der Waals surface area contributed by atoms with E-state index in [1.54, 1.807) is 30.6 Å². The Bertz CT molecular complexity index is 842. The maximum Gasteiger partial charge on any atom is 0.225 e. The third kappa shape index (κ3) is 3.72. The fourth-order valence-corrected chi connectivity index (χ4v) is 2.34. The number of benzene rings is 1. The number of halogens is 1. The van der Waals surface area contributed by atoms with E-state index >= 15 is 0 Å². The molecule has 0 radical (unpaired) electrons. The molecule has 0 spiro atoms. The fourth-order valence-electron chi connectivity index (χ4n) is 2.17. The molecule has 2 heterocycles. The Hall–Kier alpha value is -2.86. The normalized spacial score (nSPS) is 10.4. The maximum atomic E-state index is 9.97. The van der Waals surface area contributed by atoms with Gasteiger partial charge in [-0.25, -0.2) is 4.98 Å². The summed E-state index contributed by atoms with van der Waals surface area (Å²) >= 11 is 5.99. The maximum absolute atomic E-state index is 9.97. The highest BCUT2D eigenvalue weighted by Crippen LogP contribution is 2.30. The minimum absolute atomic E-state index is 0.0912. The number of hydrogen-bond donors (Lipinski definition) is 3. The Morgan fingerprint density at radius 3 is 2.62 bits per heavy atom. The van der Waals surface area contributed by atoms with Gasteiger partial charge in [0.15, 0.2) is 0 Å². The van der Waals surface area contributed by atoms with Gasteiger partial charge in [0.2, 0.25) is 5.95 Å². The molecule has 6 nitrogen and oxygen atoms in total. The lowest BCUT2D eigenvalue weighted by Crippen LogP contribution is -2.05. The molecule has 24 heavy (non-hydrogen) atoms. The molecule has 2 aromatic heterocycles. The van der Waals surface area contributed by atoms with Crippen LogP contribution in [0.4, 0.5) is 17.5 Å². The Kier molecular flexibility index (Phi) is 4.77. The van der Waals surface area contributed by atoms with E-state index in [1.165, 1.54) is 6.07 Å². The van der Waals surface area contributed by atoms with Gasteiger partial charge in [-0.15, -0.1) is 0 Å². The SMILES string of the molecule is CCNc1nc(Nc2cc(Cl)ccc2O)cc(-c2ccncc2)n1. The standard InChI is InChI=1S/C17H16ClN5O/c1-2-20-17-22-13(11-5-7-19-8-6-11)10-16(23-17)21-14-9-12(18)3-4-15(14)24/h3-10,24H,2H2,1H3,(H2,20,21,22,23). The number of rotatable bonds is 5. The van der Waals surface area contributed by atoms with Crippen LogP contribution in [-0.4, -0.2) is 26.6 Å². The zero-order valence-electron chi connectivity index (χ0n) is 13.0. The van der Waals surface area contributed by atoms with E-state index < -0.39 is 0 Å². The summed E-state index contributed by atoms with van der Waals surface area (Å²) in [6, 6.07) is 10.3. The Morgan fingerprint density at radius 2 is 1.88 bits per heavy atom. The smallest absolute Gasteiger partial charge is 0.225 e. The number of anilines is 3. The molecule has 0 amide bonds. The van der Waals surface area contributed by atoms with Gasteiger partial charge in [-0.1, -0.05) is 11.6 Å². The average Bonchev–Trinajstić information content (AvgIpc) is 2.59. The van der Waals surface area contributed by atoms with E-state index in [1.807, 2.05) is 19.1 Å². The number of hydrogen-bond acceptors (Lipinski definition) is 6. The number of phenols is 1. The Morgan fingerprint density at radius 1 is 1.08 bits per heavy atom. The van der Waals surface area contributed by atoms with Crippen LogP contribution in [0.5, 0.6) is 5.75 Å². The topological polar surface area (TPSA) is 83.0 Å². The largest absolute Gasteiger partial charge is 0.506 e. The van der Waals surface area contributed by atoms with E-state index in [4.69, 9.17) is 11.6 Å². The Labute approximate surface area is 144 Å². The summed E-state index contributed by atoms with van der Waals surface area (Å²) in [6.07, 6.45) is 3.42. The number of nitrogens with one attached hydrogen (secondary N) is 2. The highest BCUT2D eigenvalue weighted by molar-refractivity contribution is 6.30. The molecule has 0 aliphatic rings. The second kappa shape index (κ2) is 7.14. The van der Waals surface area contributed by atoms with Gasteiger partial charge in [-0.05, 0) is 37.3 Å². The van der Waals surface area contributed by atoms with E-state index in [2.05, 4.69) is 25.6 Å². The van der Waals surface area contributed by atoms with Crippen molar-refractivity contribution >= 4 is 29.1 Å². The van der Waals surface area contributed by atoms with Crippen molar-refractivity contribution in [1.82, 2.24) is 15.0 Å². The number of aromatic hydroxyl groups is 1. The van der Waals surface area contributed by atoms with E-state index in [0.29, 0.717) is 29.0 Å². The Balaban J connectivity index is 2.00. The molecule has 1 aromatic carbocycles. The number of phenolic OH excluding ortho intramolecular Hbond substituents is 1. The quantitative estimate of drug-likeness (QED) is 0.607. The molecular formula is C17H16ClN5O. The first-order valence-corrected chi connectivity index (χ1v) is 7.82. The predicted molar refractivity (Wildman–Crippen MR) is 95.8 cm³/mol. The van der Waals surface area contributed by atoms with E-state index in [9.17, 15) is 5.11 Å². The van der Waals surface area contributed by atoms with Gasteiger partial charge >= 0.3 is 0 Å². The summed E-state index contributed by atoms with van der Waals surface area (Å²) in [5.74, 6) is 1.13. The first-order chi connectivity index (χ1) is 11.7. The molecule has 7 heteroatoms. The van der Waals surface area contributed by atoms with Crippen LogP contribution in [0.25, 0.3) is 11.3 Å². The van der Waals surface area contributed by atoms with Crippen molar-refractivity contribution in [2.75, 3.05) is 17.2 Å². The predicted octanol–water partition coefficient (Wildman–Crippen LogP) is 4.07. The minimum atomic E-state index is 0.0912. The molecule has 122 valence electrons. The van der Waals surface area contributed by atoms with Crippen LogP contribution >= 0.6 is 11.6 Å². The molecule has 0 saturated heterocycles. The lowest BCUT2D eigenvalue weighted by atomic mass is 10.2. The van der Waals surface area contributed by atoms with Crippen molar-refractivity contribution < 1.29 is 5.11 Å². The van der Waals surface area contributed by atoms with Crippen LogP contribution in [-0.2, 0) is 0 Å².